The summed E-state index contributed by atoms with van der Waals surface area (Å²) in [7, 11) is 0. The van der Waals surface area contributed by atoms with E-state index < -0.39 is 0 Å². The Bertz CT molecular complexity index is 573. The van der Waals surface area contributed by atoms with E-state index in [0.717, 1.165) is 13.0 Å². The van der Waals surface area contributed by atoms with E-state index in [1.54, 1.807) is 0 Å². The van der Waals surface area contributed by atoms with Crippen LogP contribution in [0.15, 0.2) is 36.4 Å². The molecule has 20 heavy (non-hydrogen) atoms. The lowest BCUT2D eigenvalue weighted by atomic mass is 10.00. The van der Waals surface area contributed by atoms with Gasteiger partial charge in [0.05, 0.1) is 6.10 Å². The molecule has 0 radical (unpaired) electrons. The molecular formula is C19H24O. The third kappa shape index (κ3) is 2.73. The van der Waals surface area contributed by atoms with Crippen molar-refractivity contribution in [2.75, 3.05) is 6.61 Å². The first-order valence-electron chi connectivity index (χ1n) is 8.02. The van der Waals surface area contributed by atoms with Crippen molar-refractivity contribution in [1.29, 1.82) is 0 Å². The summed E-state index contributed by atoms with van der Waals surface area (Å²) in [5.41, 5.74) is 2.95. The van der Waals surface area contributed by atoms with Crippen molar-refractivity contribution in [3.8, 4) is 0 Å². The molecule has 0 amide bonds. The zero-order valence-corrected chi connectivity index (χ0v) is 12.4. The number of hydrogen-bond acceptors (Lipinski definition) is 1. The van der Waals surface area contributed by atoms with Crippen LogP contribution in [0.4, 0.5) is 0 Å². The number of fused-ring (bicyclic) bond motifs is 3. The molecule has 1 heteroatoms. The number of ether oxygens (including phenoxy) is 1. The van der Waals surface area contributed by atoms with E-state index in [2.05, 4.69) is 43.3 Å². The molecule has 1 aliphatic carbocycles. The van der Waals surface area contributed by atoms with Crippen molar-refractivity contribution in [1.82, 2.24) is 0 Å². The molecule has 2 aromatic rings. The van der Waals surface area contributed by atoms with Crippen LogP contribution in [-0.4, -0.2) is 6.61 Å². The topological polar surface area (TPSA) is 9.23 Å². The second-order valence-electron chi connectivity index (χ2n) is 5.82. The van der Waals surface area contributed by atoms with Gasteiger partial charge in [0.25, 0.3) is 0 Å². The van der Waals surface area contributed by atoms with Gasteiger partial charge in [-0.2, -0.15) is 0 Å². The van der Waals surface area contributed by atoms with Crippen LogP contribution in [0.5, 0.6) is 0 Å². The Morgan fingerprint density at radius 1 is 1.05 bits per heavy atom. The molecule has 0 fully saturated rings. The van der Waals surface area contributed by atoms with Crippen molar-refractivity contribution in [2.24, 2.45) is 0 Å². The molecule has 0 saturated heterocycles. The normalized spacial score (nSPS) is 17.6. The standard InChI is InChI=1S/C19H24O/c1-2-3-4-7-14-20-18-13-12-16-11-10-15-8-5-6-9-17(15)19(16)18/h5-6,8-11,18H,2-4,7,12-14H2,1H3. The summed E-state index contributed by atoms with van der Waals surface area (Å²) in [6, 6.07) is 13.2. The highest BCUT2D eigenvalue weighted by Crippen LogP contribution is 2.39. The van der Waals surface area contributed by atoms with E-state index in [9.17, 15) is 0 Å². The maximum absolute atomic E-state index is 6.18. The first-order valence-corrected chi connectivity index (χ1v) is 8.02. The van der Waals surface area contributed by atoms with Crippen LogP contribution in [0.2, 0.25) is 0 Å². The lowest BCUT2D eigenvalue weighted by Gasteiger charge is -2.15. The van der Waals surface area contributed by atoms with Gasteiger partial charge in [0.15, 0.2) is 0 Å². The first kappa shape index (κ1) is 13.6. The number of benzene rings is 2. The van der Waals surface area contributed by atoms with Crippen LogP contribution < -0.4 is 0 Å². The van der Waals surface area contributed by atoms with Crippen LogP contribution in [0.1, 0.15) is 56.3 Å². The smallest absolute Gasteiger partial charge is 0.0836 e. The molecule has 0 saturated carbocycles. The SMILES string of the molecule is CCCCCCOC1CCc2ccc3ccccc3c21. The first-order chi connectivity index (χ1) is 9.90. The average Bonchev–Trinajstić information content (AvgIpc) is 2.91. The summed E-state index contributed by atoms with van der Waals surface area (Å²) < 4.78 is 6.18. The van der Waals surface area contributed by atoms with Gasteiger partial charge in [-0.05, 0) is 41.2 Å². The average molecular weight is 268 g/mol. The van der Waals surface area contributed by atoms with E-state index in [-0.39, 0.29) is 0 Å². The molecule has 106 valence electrons. The van der Waals surface area contributed by atoms with Crippen molar-refractivity contribution in [3.05, 3.63) is 47.5 Å². The van der Waals surface area contributed by atoms with Crippen molar-refractivity contribution in [2.45, 2.75) is 51.6 Å². The van der Waals surface area contributed by atoms with E-state index in [4.69, 9.17) is 4.74 Å². The third-order valence-electron chi connectivity index (χ3n) is 4.38. The second kappa shape index (κ2) is 6.41. The molecular weight excluding hydrogens is 244 g/mol. The lowest BCUT2D eigenvalue weighted by molar-refractivity contribution is 0.0521. The van der Waals surface area contributed by atoms with Gasteiger partial charge in [-0.15, -0.1) is 0 Å². The highest BCUT2D eigenvalue weighted by atomic mass is 16.5. The molecule has 2 aromatic carbocycles. The summed E-state index contributed by atoms with van der Waals surface area (Å²) in [5, 5.41) is 2.73. The van der Waals surface area contributed by atoms with Gasteiger partial charge in [0.1, 0.15) is 0 Å². The van der Waals surface area contributed by atoms with Crippen molar-refractivity contribution in [3.63, 3.8) is 0 Å². The summed E-state index contributed by atoms with van der Waals surface area (Å²) >= 11 is 0. The van der Waals surface area contributed by atoms with E-state index in [1.807, 2.05) is 0 Å². The molecule has 0 bridgehead atoms. The third-order valence-corrected chi connectivity index (χ3v) is 4.38. The molecule has 1 aliphatic rings. The van der Waals surface area contributed by atoms with Gasteiger partial charge in [-0.25, -0.2) is 0 Å². The maximum Gasteiger partial charge on any atom is 0.0836 e. The monoisotopic (exact) mass is 268 g/mol. The van der Waals surface area contributed by atoms with Gasteiger partial charge < -0.3 is 4.74 Å². The van der Waals surface area contributed by atoms with Crippen LogP contribution >= 0.6 is 0 Å². The summed E-state index contributed by atoms with van der Waals surface area (Å²) in [4.78, 5) is 0. The number of unbranched alkanes of at least 4 members (excludes halogenated alkanes) is 3. The molecule has 0 aromatic heterocycles. The quantitative estimate of drug-likeness (QED) is 0.635. The highest BCUT2D eigenvalue weighted by molar-refractivity contribution is 5.87. The van der Waals surface area contributed by atoms with Crippen LogP contribution in [0.25, 0.3) is 10.8 Å². The van der Waals surface area contributed by atoms with E-state index in [0.29, 0.717) is 6.10 Å². The van der Waals surface area contributed by atoms with Gasteiger partial charge in [0.2, 0.25) is 0 Å². The number of rotatable bonds is 6. The van der Waals surface area contributed by atoms with Gasteiger partial charge in [-0.1, -0.05) is 62.6 Å². The Labute approximate surface area is 122 Å². The molecule has 0 N–H and O–H groups in total. The number of hydrogen-bond donors (Lipinski definition) is 0. The summed E-state index contributed by atoms with van der Waals surface area (Å²) in [6.45, 7) is 3.16. The zero-order chi connectivity index (χ0) is 13.8. The zero-order valence-electron chi connectivity index (χ0n) is 12.4. The molecule has 1 atom stereocenters. The predicted octanol–water partition coefficient (Wildman–Crippen LogP) is 5.42. The minimum absolute atomic E-state index is 0.317. The summed E-state index contributed by atoms with van der Waals surface area (Å²) in [6.07, 6.45) is 7.75. The Morgan fingerprint density at radius 2 is 1.95 bits per heavy atom. The van der Waals surface area contributed by atoms with Crippen LogP contribution in [0, 0.1) is 0 Å². The highest BCUT2D eigenvalue weighted by Gasteiger charge is 2.24. The molecule has 0 spiro atoms. The van der Waals surface area contributed by atoms with Crippen molar-refractivity contribution < 1.29 is 4.74 Å². The minimum Gasteiger partial charge on any atom is -0.373 e. The number of aryl methyl sites for hydroxylation is 1. The van der Waals surface area contributed by atoms with Gasteiger partial charge >= 0.3 is 0 Å². The van der Waals surface area contributed by atoms with Gasteiger partial charge in [0, 0.05) is 6.61 Å². The summed E-state index contributed by atoms with van der Waals surface area (Å²) in [5.74, 6) is 0. The Balaban J connectivity index is 1.73. The van der Waals surface area contributed by atoms with Gasteiger partial charge in [-0.3, -0.25) is 0 Å². The Morgan fingerprint density at radius 3 is 2.85 bits per heavy atom. The molecule has 0 heterocycles. The maximum atomic E-state index is 6.18. The largest absolute Gasteiger partial charge is 0.373 e. The fourth-order valence-electron chi connectivity index (χ4n) is 3.29. The Hall–Kier alpha value is -1.34. The fraction of sp³-hybridized carbons (Fsp3) is 0.474. The van der Waals surface area contributed by atoms with E-state index in [1.165, 1.54) is 54.0 Å². The predicted molar refractivity (Wildman–Crippen MR) is 85.1 cm³/mol. The lowest BCUT2D eigenvalue weighted by Crippen LogP contribution is -2.02. The van der Waals surface area contributed by atoms with Crippen LogP contribution in [0.3, 0.4) is 0 Å². The molecule has 1 unspecified atom stereocenters. The fourth-order valence-corrected chi connectivity index (χ4v) is 3.29. The molecule has 3 rings (SSSR count). The molecule has 1 nitrogen and oxygen atoms in total. The van der Waals surface area contributed by atoms with E-state index >= 15 is 0 Å². The van der Waals surface area contributed by atoms with Crippen molar-refractivity contribution >= 4 is 10.8 Å². The van der Waals surface area contributed by atoms with Crippen LogP contribution in [-0.2, 0) is 11.2 Å². The molecule has 0 aliphatic heterocycles. The second-order valence-corrected chi connectivity index (χ2v) is 5.82. The Kier molecular flexibility index (Phi) is 4.37. The minimum atomic E-state index is 0.317.